The van der Waals surface area contributed by atoms with E-state index < -0.39 is 24.5 Å². The van der Waals surface area contributed by atoms with Crippen molar-refractivity contribution in [2.75, 3.05) is 14.2 Å². The summed E-state index contributed by atoms with van der Waals surface area (Å²) in [7, 11) is 2.61. The quantitative estimate of drug-likeness (QED) is 0.899. The van der Waals surface area contributed by atoms with Crippen LogP contribution >= 0.6 is 0 Å². The summed E-state index contributed by atoms with van der Waals surface area (Å²) in [4.78, 5) is 10.6. The van der Waals surface area contributed by atoms with E-state index in [4.69, 9.17) is 14.6 Å². The Bertz CT molecular complexity index is 435. The number of aliphatic carboxylic acids is 1. The van der Waals surface area contributed by atoms with Crippen molar-refractivity contribution < 1.29 is 32.5 Å². The molecular weight excluding hydrogens is 265 g/mol. The Kier molecular flexibility index (Phi) is 4.63. The number of methoxy groups -OCH3 is 2. The number of carboxylic acids is 1. The van der Waals surface area contributed by atoms with Gasteiger partial charge in [0.05, 0.1) is 26.6 Å². The van der Waals surface area contributed by atoms with E-state index in [-0.39, 0.29) is 17.1 Å². The maximum Gasteiger partial charge on any atom is 0.396 e. The molecule has 0 aliphatic heterocycles. The highest BCUT2D eigenvalue weighted by molar-refractivity contribution is 5.68. The van der Waals surface area contributed by atoms with Gasteiger partial charge in [0.15, 0.2) is 0 Å². The zero-order valence-electron chi connectivity index (χ0n) is 10.3. The first-order chi connectivity index (χ1) is 8.77. The van der Waals surface area contributed by atoms with Crippen molar-refractivity contribution in [1.82, 2.24) is 0 Å². The molecule has 1 N–H and O–H groups in total. The summed E-state index contributed by atoms with van der Waals surface area (Å²) in [5.74, 6) is -3.28. The fraction of sp³-hybridized carbons (Fsp3) is 0.417. The fourth-order valence-corrected chi connectivity index (χ4v) is 1.63. The van der Waals surface area contributed by atoms with Crippen LogP contribution in [0.3, 0.4) is 0 Å². The molecule has 0 heterocycles. The summed E-state index contributed by atoms with van der Waals surface area (Å²) in [5, 5.41) is 8.60. The standard InChI is InChI=1S/C12H13F3O4/c1-18-8-3-7(4-9(5-8)19-2)10(6-11(16)17)12(13,14)15/h3-5,10H,6H2,1-2H3,(H,16,17). The lowest BCUT2D eigenvalue weighted by atomic mass is 9.94. The van der Waals surface area contributed by atoms with Gasteiger partial charge in [-0.2, -0.15) is 13.2 Å². The van der Waals surface area contributed by atoms with Gasteiger partial charge >= 0.3 is 12.1 Å². The molecule has 1 unspecified atom stereocenters. The molecule has 0 saturated carbocycles. The second kappa shape index (κ2) is 5.81. The minimum absolute atomic E-state index is 0.175. The fourth-order valence-electron chi connectivity index (χ4n) is 1.63. The molecule has 0 aromatic heterocycles. The molecule has 0 aliphatic carbocycles. The van der Waals surface area contributed by atoms with E-state index in [1.807, 2.05) is 0 Å². The lowest BCUT2D eigenvalue weighted by molar-refractivity contribution is -0.163. The second-order valence-electron chi connectivity index (χ2n) is 3.84. The van der Waals surface area contributed by atoms with Crippen LogP contribution in [0, 0.1) is 0 Å². The third-order valence-corrected chi connectivity index (χ3v) is 2.55. The highest BCUT2D eigenvalue weighted by Gasteiger charge is 2.42. The van der Waals surface area contributed by atoms with Crippen molar-refractivity contribution in [1.29, 1.82) is 0 Å². The highest BCUT2D eigenvalue weighted by atomic mass is 19.4. The van der Waals surface area contributed by atoms with Gasteiger partial charge in [-0.05, 0) is 17.7 Å². The van der Waals surface area contributed by atoms with Crippen LogP contribution in [-0.2, 0) is 4.79 Å². The predicted molar refractivity (Wildman–Crippen MR) is 60.6 cm³/mol. The van der Waals surface area contributed by atoms with E-state index >= 15 is 0 Å². The third kappa shape index (κ3) is 4.04. The first kappa shape index (κ1) is 15.1. The summed E-state index contributed by atoms with van der Waals surface area (Å²) in [6.45, 7) is 0. The zero-order chi connectivity index (χ0) is 14.6. The number of alkyl halides is 3. The van der Waals surface area contributed by atoms with Crippen LogP contribution in [0.5, 0.6) is 11.5 Å². The Hall–Kier alpha value is -1.92. The predicted octanol–water partition coefficient (Wildman–Crippen LogP) is 2.82. The highest BCUT2D eigenvalue weighted by Crippen LogP contribution is 2.40. The third-order valence-electron chi connectivity index (χ3n) is 2.55. The first-order valence-electron chi connectivity index (χ1n) is 5.29. The molecule has 19 heavy (non-hydrogen) atoms. The van der Waals surface area contributed by atoms with Gasteiger partial charge in [-0.3, -0.25) is 4.79 Å². The molecule has 1 aromatic rings. The summed E-state index contributed by atoms with van der Waals surface area (Å²) < 4.78 is 48.4. The molecule has 106 valence electrons. The van der Waals surface area contributed by atoms with Gasteiger partial charge in [-0.15, -0.1) is 0 Å². The van der Waals surface area contributed by atoms with Crippen LogP contribution in [-0.4, -0.2) is 31.5 Å². The van der Waals surface area contributed by atoms with Crippen molar-refractivity contribution in [3.8, 4) is 11.5 Å². The molecule has 0 aliphatic rings. The van der Waals surface area contributed by atoms with Gasteiger partial charge in [0.25, 0.3) is 0 Å². The summed E-state index contributed by atoms with van der Waals surface area (Å²) in [5.41, 5.74) is -0.203. The van der Waals surface area contributed by atoms with Crippen LogP contribution in [0.1, 0.15) is 17.9 Å². The first-order valence-corrected chi connectivity index (χ1v) is 5.29. The van der Waals surface area contributed by atoms with Gasteiger partial charge in [0.2, 0.25) is 0 Å². The van der Waals surface area contributed by atoms with E-state index in [0.29, 0.717) is 0 Å². The minimum atomic E-state index is -4.66. The Morgan fingerprint density at radius 1 is 1.21 bits per heavy atom. The molecule has 0 spiro atoms. The SMILES string of the molecule is COc1cc(OC)cc(C(CC(=O)O)C(F)(F)F)c1. The van der Waals surface area contributed by atoms with E-state index in [9.17, 15) is 18.0 Å². The molecule has 4 nitrogen and oxygen atoms in total. The zero-order valence-corrected chi connectivity index (χ0v) is 10.3. The Labute approximate surface area is 107 Å². The van der Waals surface area contributed by atoms with Crippen molar-refractivity contribution in [2.45, 2.75) is 18.5 Å². The van der Waals surface area contributed by atoms with Crippen LogP contribution < -0.4 is 9.47 Å². The van der Waals surface area contributed by atoms with Gasteiger partial charge in [0.1, 0.15) is 11.5 Å². The topological polar surface area (TPSA) is 55.8 Å². The molecule has 0 amide bonds. The maximum atomic E-state index is 12.9. The largest absolute Gasteiger partial charge is 0.497 e. The van der Waals surface area contributed by atoms with Crippen molar-refractivity contribution >= 4 is 5.97 Å². The second-order valence-corrected chi connectivity index (χ2v) is 3.84. The van der Waals surface area contributed by atoms with E-state index in [1.54, 1.807) is 0 Å². The Balaban J connectivity index is 3.24. The van der Waals surface area contributed by atoms with E-state index in [2.05, 4.69) is 0 Å². The van der Waals surface area contributed by atoms with E-state index in [1.165, 1.54) is 20.3 Å². The molecular formula is C12H13F3O4. The number of halogens is 3. The summed E-state index contributed by atoms with van der Waals surface area (Å²) in [6, 6.07) is 3.73. The van der Waals surface area contributed by atoms with Crippen LogP contribution in [0.2, 0.25) is 0 Å². The normalized spacial score (nSPS) is 12.9. The monoisotopic (exact) mass is 278 g/mol. The molecule has 1 aromatic carbocycles. The smallest absolute Gasteiger partial charge is 0.396 e. The molecule has 0 fully saturated rings. The van der Waals surface area contributed by atoms with Crippen LogP contribution in [0.25, 0.3) is 0 Å². The number of ether oxygens (including phenoxy) is 2. The lowest BCUT2D eigenvalue weighted by Gasteiger charge is -2.20. The summed E-state index contributed by atoms with van der Waals surface area (Å²) in [6.07, 6.45) is -5.70. The Morgan fingerprint density at radius 3 is 2.00 bits per heavy atom. The lowest BCUT2D eigenvalue weighted by Crippen LogP contribution is -2.23. The number of carbonyl (C=O) groups is 1. The number of benzene rings is 1. The number of hydrogen-bond donors (Lipinski definition) is 1. The van der Waals surface area contributed by atoms with Crippen LogP contribution in [0.4, 0.5) is 13.2 Å². The van der Waals surface area contributed by atoms with Gasteiger partial charge in [-0.25, -0.2) is 0 Å². The van der Waals surface area contributed by atoms with Crippen LogP contribution in [0.15, 0.2) is 18.2 Å². The molecule has 0 radical (unpaired) electrons. The number of carboxylic acid groups (broad SMARTS) is 1. The molecule has 1 rings (SSSR count). The molecule has 0 saturated heterocycles. The number of rotatable bonds is 5. The molecule has 1 atom stereocenters. The average molecular weight is 278 g/mol. The van der Waals surface area contributed by atoms with Gasteiger partial charge in [0, 0.05) is 6.07 Å². The van der Waals surface area contributed by atoms with Gasteiger partial charge < -0.3 is 14.6 Å². The Morgan fingerprint density at radius 2 is 1.68 bits per heavy atom. The number of hydrogen-bond acceptors (Lipinski definition) is 3. The minimum Gasteiger partial charge on any atom is -0.497 e. The van der Waals surface area contributed by atoms with Crippen molar-refractivity contribution in [2.24, 2.45) is 0 Å². The van der Waals surface area contributed by atoms with Crippen molar-refractivity contribution in [3.63, 3.8) is 0 Å². The van der Waals surface area contributed by atoms with E-state index in [0.717, 1.165) is 12.1 Å². The molecule has 0 bridgehead atoms. The molecule has 7 heteroatoms. The average Bonchev–Trinajstić information content (AvgIpc) is 2.33. The summed E-state index contributed by atoms with van der Waals surface area (Å²) >= 11 is 0. The maximum absolute atomic E-state index is 12.9. The van der Waals surface area contributed by atoms with Gasteiger partial charge in [-0.1, -0.05) is 0 Å². The van der Waals surface area contributed by atoms with Crippen molar-refractivity contribution in [3.05, 3.63) is 23.8 Å².